The number of hydrogen-bond donors (Lipinski definition) is 2. The van der Waals surface area contributed by atoms with E-state index in [1.165, 1.54) is 47.4 Å². The van der Waals surface area contributed by atoms with Gasteiger partial charge in [0.15, 0.2) is 4.34 Å². The molecule has 0 spiro atoms. The van der Waals surface area contributed by atoms with Crippen LogP contribution >= 0.6 is 23.1 Å². The average molecular weight is 569 g/mol. The molecular formula is C30H24N4O4S2. The number of carbonyl (C=O) groups is 2. The summed E-state index contributed by atoms with van der Waals surface area (Å²) in [6, 6.07) is 30.3. The number of thiazole rings is 1. The van der Waals surface area contributed by atoms with Crippen LogP contribution in [-0.4, -0.2) is 27.0 Å². The van der Waals surface area contributed by atoms with Gasteiger partial charge in [-0.1, -0.05) is 72.4 Å². The summed E-state index contributed by atoms with van der Waals surface area (Å²) in [5, 5.41) is 16.5. The molecule has 5 aromatic rings. The highest BCUT2D eigenvalue weighted by molar-refractivity contribution is 8.02. The Morgan fingerprint density at radius 2 is 1.52 bits per heavy atom. The van der Waals surface area contributed by atoms with Crippen LogP contribution in [0.15, 0.2) is 107 Å². The zero-order valence-electron chi connectivity index (χ0n) is 21.3. The monoisotopic (exact) mass is 568 g/mol. The third kappa shape index (κ3) is 6.36. The lowest BCUT2D eigenvalue weighted by atomic mass is 9.98. The maximum absolute atomic E-state index is 13.2. The summed E-state index contributed by atoms with van der Waals surface area (Å²) in [6.45, 7) is 1.86. The predicted octanol–water partition coefficient (Wildman–Crippen LogP) is 6.84. The van der Waals surface area contributed by atoms with Crippen molar-refractivity contribution in [3.8, 4) is 0 Å². The molecule has 0 aliphatic rings. The van der Waals surface area contributed by atoms with Crippen LogP contribution in [0.5, 0.6) is 0 Å². The van der Waals surface area contributed by atoms with Gasteiger partial charge in [0, 0.05) is 23.4 Å². The van der Waals surface area contributed by atoms with Gasteiger partial charge in [0.2, 0.25) is 5.91 Å². The van der Waals surface area contributed by atoms with E-state index in [4.69, 9.17) is 0 Å². The number of benzene rings is 4. The van der Waals surface area contributed by atoms with Gasteiger partial charge >= 0.3 is 0 Å². The fraction of sp³-hybridized carbons (Fsp3) is 0.100. The largest absolute Gasteiger partial charge is 0.344 e. The Kier molecular flexibility index (Phi) is 8.18. The molecule has 0 radical (unpaired) electrons. The summed E-state index contributed by atoms with van der Waals surface area (Å²) in [5.74, 6) is -0.469. The molecule has 1 atom stereocenters. The summed E-state index contributed by atoms with van der Waals surface area (Å²) < 4.78 is 1.61. The zero-order chi connectivity index (χ0) is 28.1. The van der Waals surface area contributed by atoms with Crippen molar-refractivity contribution in [1.82, 2.24) is 10.3 Å². The summed E-state index contributed by atoms with van der Waals surface area (Å²) in [7, 11) is 0. The van der Waals surface area contributed by atoms with Crippen LogP contribution in [-0.2, 0) is 4.79 Å². The number of nitrogens with one attached hydrogen (secondary N) is 2. The number of nitro groups is 1. The van der Waals surface area contributed by atoms with E-state index in [-0.39, 0.29) is 23.5 Å². The number of anilines is 1. The van der Waals surface area contributed by atoms with Crippen LogP contribution in [0.25, 0.3) is 10.2 Å². The van der Waals surface area contributed by atoms with Crippen molar-refractivity contribution in [2.24, 2.45) is 0 Å². The van der Waals surface area contributed by atoms with Gasteiger partial charge in [0.1, 0.15) is 0 Å². The molecule has 1 heterocycles. The second kappa shape index (κ2) is 12.1. The molecule has 2 amide bonds. The van der Waals surface area contributed by atoms with Gasteiger partial charge in [-0.25, -0.2) is 4.98 Å². The number of fused-ring (bicyclic) bond motifs is 1. The number of non-ortho nitro benzene ring substituents is 1. The first kappa shape index (κ1) is 27.0. The second-order valence-corrected chi connectivity index (χ2v) is 11.6. The predicted molar refractivity (Wildman–Crippen MR) is 159 cm³/mol. The van der Waals surface area contributed by atoms with E-state index < -0.39 is 10.2 Å². The van der Waals surface area contributed by atoms with Crippen LogP contribution in [0.1, 0.15) is 34.5 Å². The van der Waals surface area contributed by atoms with E-state index in [0.717, 1.165) is 25.7 Å². The normalized spacial score (nSPS) is 11.8. The molecule has 0 fully saturated rings. The second-order valence-electron chi connectivity index (χ2n) is 8.94. The summed E-state index contributed by atoms with van der Waals surface area (Å²) in [6.07, 6.45) is 0. The Labute approximate surface area is 238 Å². The van der Waals surface area contributed by atoms with Gasteiger partial charge in [-0.3, -0.25) is 19.7 Å². The molecule has 40 heavy (non-hydrogen) atoms. The van der Waals surface area contributed by atoms with Crippen molar-refractivity contribution in [3.63, 3.8) is 0 Å². The third-order valence-electron chi connectivity index (χ3n) is 6.17. The Morgan fingerprint density at radius 3 is 2.12 bits per heavy atom. The van der Waals surface area contributed by atoms with E-state index in [2.05, 4.69) is 15.6 Å². The fourth-order valence-corrected chi connectivity index (χ4v) is 6.34. The Bertz CT molecular complexity index is 1620. The molecule has 2 N–H and O–H groups in total. The van der Waals surface area contributed by atoms with Crippen molar-refractivity contribution in [2.45, 2.75) is 22.6 Å². The molecule has 0 bridgehead atoms. The maximum Gasteiger partial charge on any atom is 0.269 e. The van der Waals surface area contributed by atoms with Gasteiger partial charge in [0.05, 0.1) is 26.4 Å². The molecule has 1 aromatic heterocycles. The highest BCUT2D eigenvalue weighted by Gasteiger charge is 2.22. The molecule has 0 saturated carbocycles. The van der Waals surface area contributed by atoms with Crippen LogP contribution in [0, 0.1) is 10.1 Å². The SMILES string of the molecule is CC(Sc1nc2ccc(NC(=O)c3ccc([N+](=O)[O-])cc3)cc2s1)C(=O)NC(c1ccccc1)c1ccccc1. The minimum Gasteiger partial charge on any atom is -0.344 e. The highest BCUT2D eigenvalue weighted by atomic mass is 32.2. The molecule has 10 heteroatoms. The van der Waals surface area contributed by atoms with E-state index >= 15 is 0 Å². The first-order chi connectivity index (χ1) is 19.4. The standard InChI is InChI=1S/C30H24N4O4S2/c1-19(28(35)33-27(20-8-4-2-5-9-20)21-10-6-3-7-11-21)39-30-32-25-17-14-23(18-26(25)40-30)31-29(36)22-12-15-24(16-13-22)34(37)38/h2-19,27H,1H3,(H,31,36)(H,33,35). The third-order valence-corrected chi connectivity index (χ3v) is 8.38. The average Bonchev–Trinajstić information content (AvgIpc) is 3.38. The number of aromatic nitrogens is 1. The summed E-state index contributed by atoms with van der Waals surface area (Å²) in [5.41, 5.74) is 3.59. The number of carbonyl (C=O) groups excluding carboxylic acids is 2. The lowest BCUT2D eigenvalue weighted by Gasteiger charge is -2.21. The molecule has 4 aromatic carbocycles. The number of thioether (sulfide) groups is 1. The lowest BCUT2D eigenvalue weighted by Crippen LogP contribution is -2.34. The highest BCUT2D eigenvalue weighted by Crippen LogP contribution is 2.34. The van der Waals surface area contributed by atoms with Crippen LogP contribution < -0.4 is 10.6 Å². The topological polar surface area (TPSA) is 114 Å². The molecule has 1 unspecified atom stereocenters. The van der Waals surface area contributed by atoms with E-state index in [1.54, 1.807) is 6.07 Å². The van der Waals surface area contributed by atoms with Crippen molar-refractivity contribution < 1.29 is 14.5 Å². The minimum atomic E-state index is -0.510. The fourth-order valence-electron chi connectivity index (χ4n) is 4.08. The first-order valence-electron chi connectivity index (χ1n) is 12.4. The molecule has 8 nitrogen and oxygen atoms in total. The first-order valence-corrected chi connectivity index (χ1v) is 14.1. The van der Waals surface area contributed by atoms with E-state index in [1.807, 2.05) is 79.7 Å². The number of nitrogens with zero attached hydrogens (tertiary/aromatic N) is 2. The number of rotatable bonds is 9. The molecule has 0 aliphatic carbocycles. The molecule has 0 saturated heterocycles. The van der Waals surface area contributed by atoms with E-state index in [0.29, 0.717) is 11.3 Å². The van der Waals surface area contributed by atoms with Gasteiger partial charge in [-0.05, 0) is 48.4 Å². The van der Waals surface area contributed by atoms with Gasteiger partial charge in [-0.15, -0.1) is 11.3 Å². The van der Waals surface area contributed by atoms with Crippen molar-refractivity contribution >= 4 is 56.5 Å². The van der Waals surface area contributed by atoms with Crippen LogP contribution in [0.4, 0.5) is 11.4 Å². The van der Waals surface area contributed by atoms with Crippen molar-refractivity contribution in [3.05, 3.63) is 130 Å². The zero-order valence-corrected chi connectivity index (χ0v) is 22.9. The van der Waals surface area contributed by atoms with Crippen LogP contribution in [0.2, 0.25) is 0 Å². The van der Waals surface area contributed by atoms with Crippen LogP contribution in [0.3, 0.4) is 0 Å². The lowest BCUT2D eigenvalue weighted by molar-refractivity contribution is -0.384. The molecule has 0 aliphatic heterocycles. The minimum absolute atomic E-state index is 0.0776. The quantitative estimate of drug-likeness (QED) is 0.114. The smallest absolute Gasteiger partial charge is 0.269 e. The summed E-state index contributed by atoms with van der Waals surface area (Å²) in [4.78, 5) is 40.9. The maximum atomic E-state index is 13.2. The molecule has 5 rings (SSSR count). The molecule has 200 valence electrons. The number of amides is 2. The van der Waals surface area contributed by atoms with Crippen molar-refractivity contribution in [1.29, 1.82) is 0 Å². The van der Waals surface area contributed by atoms with Gasteiger partial charge < -0.3 is 10.6 Å². The van der Waals surface area contributed by atoms with Gasteiger partial charge in [0.25, 0.3) is 11.6 Å². The Morgan fingerprint density at radius 1 is 0.900 bits per heavy atom. The Hall–Kier alpha value is -4.54. The number of hydrogen-bond acceptors (Lipinski definition) is 7. The van der Waals surface area contributed by atoms with Gasteiger partial charge in [-0.2, -0.15) is 0 Å². The molecular weight excluding hydrogens is 544 g/mol. The summed E-state index contributed by atoms with van der Waals surface area (Å²) >= 11 is 2.83. The number of nitro benzene ring substituents is 1. The van der Waals surface area contributed by atoms with Crippen molar-refractivity contribution in [2.75, 3.05) is 5.32 Å². The van der Waals surface area contributed by atoms with E-state index in [9.17, 15) is 19.7 Å². The Balaban J connectivity index is 1.26.